The Balaban J connectivity index is 2.29. The number of carbonyl (C=O) groups is 1. The largest absolute Gasteiger partial charge is 0.312 e. The smallest absolute Gasteiger partial charge is 0.187 e. The van der Waals surface area contributed by atoms with Crippen LogP contribution in [0, 0.1) is 0 Å². The van der Waals surface area contributed by atoms with E-state index in [4.69, 9.17) is 0 Å². The summed E-state index contributed by atoms with van der Waals surface area (Å²) < 4.78 is 0. The van der Waals surface area contributed by atoms with Gasteiger partial charge in [0.15, 0.2) is 7.85 Å². The molecule has 3 heteroatoms. The first-order chi connectivity index (χ1) is 5.79. The topological polar surface area (TPSA) is 17.1 Å². The number of rotatable bonds is 4. The van der Waals surface area contributed by atoms with Gasteiger partial charge >= 0.3 is 0 Å². The molecule has 12 heavy (non-hydrogen) atoms. The van der Waals surface area contributed by atoms with E-state index in [1.54, 1.807) is 19.6 Å². The summed E-state index contributed by atoms with van der Waals surface area (Å²) in [4.78, 5) is 11.9. The second-order valence-corrected chi connectivity index (χ2v) is 3.78. The Hall–Kier alpha value is -0.695. The Kier molecular flexibility index (Phi) is 3.95. The molecule has 1 aromatic carbocycles. The summed E-state index contributed by atoms with van der Waals surface area (Å²) >= 11 is 1.73. The van der Waals surface area contributed by atoms with Crippen molar-refractivity contribution in [3.63, 3.8) is 0 Å². The van der Waals surface area contributed by atoms with Gasteiger partial charge in [0.1, 0.15) is 0 Å². The molecule has 0 spiro atoms. The van der Waals surface area contributed by atoms with E-state index in [0.29, 0.717) is 6.42 Å². The van der Waals surface area contributed by atoms with Crippen LogP contribution in [0.15, 0.2) is 35.2 Å². The molecule has 0 N–H and O–H groups in total. The average molecular weight is 178 g/mol. The Morgan fingerprint density at radius 2 is 2.00 bits per heavy atom. The minimum Gasteiger partial charge on any atom is -0.312 e. The van der Waals surface area contributed by atoms with Gasteiger partial charge in [-0.1, -0.05) is 18.2 Å². The van der Waals surface area contributed by atoms with Crippen molar-refractivity contribution in [3.05, 3.63) is 30.3 Å². The Bertz CT molecular complexity index is 248. The Labute approximate surface area is 78.0 Å². The molecule has 1 rings (SSSR count). The summed E-state index contributed by atoms with van der Waals surface area (Å²) in [6, 6.07) is 10.1. The summed E-state index contributed by atoms with van der Waals surface area (Å²) in [7, 11) is 1.63. The first-order valence-electron chi connectivity index (χ1n) is 3.96. The molecular formula is C9H11BOS. The molecule has 62 valence electrons. The monoisotopic (exact) mass is 178 g/mol. The van der Waals surface area contributed by atoms with Gasteiger partial charge in [0.2, 0.25) is 0 Å². The van der Waals surface area contributed by atoms with Crippen LogP contribution in [-0.4, -0.2) is 19.3 Å². The first-order valence-corrected chi connectivity index (χ1v) is 4.95. The van der Waals surface area contributed by atoms with Crippen LogP contribution < -0.4 is 0 Å². The van der Waals surface area contributed by atoms with Crippen LogP contribution in [0.2, 0.25) is 0 Å². The van der Waals surface area contributed by atoms with E-state index in [1.807, 2.05) is 18.2 Å². The van der Waals surface area contributed by atoms with E-state index in [-0.39, 0.29) is 5.68 Å². The molecule has 0 aliphatic rings. The lowest BCUT2D eigenvalue weighted by Crippen LogP contribution is -1.96. The molecule has 0 radical (unpaired) electrons. The molecule has 1 nitrogen and oxygen atoms in total. The summed E-state index contributed by atoms with van der Waals surface area (Å²) in [5.74, 6) is 0.888. The van der Waals surface area contributed by atoms with Crippen molar-refractivity contribution in [2.24, 2.45) is 0 Å². The van der Waals surface area contributed by atoms with Crippen LogP contribution in [0.3, 0.4) is 0 Å². The van der Waals surface area contributed by atoms with Gasteiger partial charge in [-0.25, -0.2) is 0 Å². The molecule has 0 unspecified atom stereocenters. The number of hydrogen-bond acceptors (Lipinski definition) is 2. The van der Waals surface area contributed by atoms with Crippen LogP contribution in [0.1, 0.15) is 6.42 Å². The number of benzene rings is 1. The number of carbonyl (C=O) groups excluding carboxylic acids is 1. The van der Waals surface area contributed by atoms with Crippen molar-refractivity contribution in [1.82, 2.24) is 0 Å². The zero-order valence-corrected chi connectivity index (χ0v) is 7.93. The summed E-state index contributed by atoms with van der Waals surface area (Å²) in [6.07, 6.45) is 0.666. The molecule has 0 atom stereocenters. The molecular weight excluding hydrogens is 167 g/mol. The molecule has 0 saturated carbocycles. The summed E-state index contributed by atoms with van der Waals surface area (Å²) in [5, 5.41) is 0. The third-order valence-electron chi connectivity index (χ3n) is 1.47. The van der Waals surface area contributed by atoms with Gasteiger partial charge < -0.3 is 4.79 Å². The minimum absolute atomic E-state index is 0.262. The van der Waals surface area contributed by atoms with Crippen molar-refractivity contribution in [3.8, 4) is 0 Å². The first kappa shape index (κ1) is 9.39. The lowest BCUT2D eigenvalue weighted by Gasteiger charge is -1.97. The lowest BCUT2D eigenvalue weighted by molar-refractivity contribution is -0.111. The fourth-order valence-electron chi connectivity index (χ4n) is 0.829. The molecule has 0 aliphatic heterocycles. The number of hydrogen-bond donors (Lipinski definition) is 0. The zero-order chi connectivity index (χ0) is 8.81. The maximum absolute atomic E-state index is 10.6. The normalized spacial score (nSPS) is 9.67. The minimum atomic E-state index is 0.262. The highest BCUT2D eigenvalue weighted by molar-refractivity contribution is 7.99. The second-order valence-electron chi connectivity index (χ2n) is 2.61. The van der Waals surface area contributed by atoms with Crippen LogP contribution in [0.4, 0.5) is 0 Å². The second kappa shape index (κ2) is 5.04. The zero-order valence-electron chi connectivity index (χ0n) is 7.12. The third kappa shape index (κ3) is 3.63. The van der Waals surface area contributed by atoms with Crippen molar-refractivity contribution in [2.75, 3.05) is 5.75 Å². The van der Waals surface area contributed by atoms with E-state index in [0.717, 1.165) is 5.75 Å². The fourth-order valence-corrected chi connectivity index (χ4v) is 1.80. The predicted octanol–water partition coefficient (Wildman–Crippen LogP) is 1.33. The van der Waals surface area contributed by atoms with E-state index in [9.17, 15) is 4.79 Å². The van der Waals surface area contributed by atoms with Gasteiger partial charge in [0, 0.05) is 17.1 Å². The maximum atomic E-state index is 10.6. The van der Waals surface area contributed by atoms with Gasteiger partial charge in [-0.15, -0.1) is 11.8 Å². The standard InChI is InChI=1S/C9H11BOS/c10-9(11)6-7-12-8-4-2-1-3-5-8/h1-5H,6-7,10H2. The highest BCUT2D eigenvalue weighted by atomic mass is 32.2. The van der Waals surface area contributed by atoms with Gasteiger partial charge in [0.05, 0.1) is 5.68 Å². The van der Waals surface area contributed by atoms with Crippen LogP contribution in [-0.2, 0) is 4.79 Å². The quantitative estimate of drug-likeness (QED) is 0.511. The molecule has 1 aromatic rings. The number of thioether (sulfide) groups is 1. The van der Waals surface area contributed by atoms with E-state index < -0.39 is 0 Å². The summed E-state index contributed by atoms with van der Waals surface area (Å²) in [5.41, 5.74) is 0.262. The van der Waals surface area contributed by atoms with Gasteiger partial charge in [0.25, 0.3) is 0 Å². The van der Waals surface area contributed by atoms with Gasteiger partial charge in [-0.3, -0.25) is 0 Å². The Morgan fingerprint density at radius 1 is 1.33 bits per heavy atom. The van der Waals surface area contributed by atoms with Gasteiger partial charge in [-0.2, -0.15) is 0 Å². The molecule has 0 amide bonds. The maximum Gasteiger partial charge on any atom is 0.187 e. The van der Waals surface area contributed by atoms with Crippen LogP contribution in [0.25, 0.3) is 0 Å². The van der Waals surface area contributed by atoms with Gasteiger partial charge in [-0.05, 0) is 12.1 Å². The molecule has 0 saturated heterocycles. The molecule has 0 heterocycles. The molecule has 0 aliphatic carbocycles. The SMILES string of the molecule is BC(=O)CCSc1ccccc1. The van der Waals surface area contributed by atoms with Crippen molar-refractivity contribution in [2.45, 2.75) is 11.3 Å². The van der Waals surface area contributed by atoms with E-state index >= 15 is 0 Å². The van der Waals surface area contributed by atoms with E-state index in [1.165, 1.54) is 4.90 Å². The average Bonchev–Trinajstić information content (AvgIpc) is 2.05. The lowest BCUT2D eigenvalue weighted by atomic mass is 10.0. The van der Waals surface area contributed by atoms with Crippen LogP contribution >= 0.6 is 11.8 Å². The van der Waals surface area contributed by atoms with Crippen molar-refractivity contribution >= 4 is 25.3 Å². The molecule has 0 bridgehead atoms. The molecule has 0 aromatic heterocycles. The fraction of sp³-hybridized carbons (Fsp3) is 0.222. The predicted molar refractivity (Wildman–Crippen MR) is 55.3 cm³/mol. The Morgan fingerprint density at radius 3 is 2.58 bits per heavy atom. The third-order valence-corrected chi connectivity index (χ3v) is 2.48. The highest BCUT2D eigenvalue weighted by Crippen LogP contribution is 2.17. The van der Waals surface area contributed by atoms with E-state index in [2.05, 4.69) is 12.1 Å². The molecule has 0 fully saturated rings. The van der Waals surface area contributed by atoms with Crippen LogP contribution in [0.5, 0.6) is 0 Å². The van der Waals surface area contributed by atoms with Crippen molar-refractivity contribution < 1.29 is 4.79 Å². The summed E-state index contributed by atoms with van der Waals surface area (Å²) in [6.45, 7) is 0. The highest BCUT2D eigenvalue weighted by Gasteiger charge is 1.94. The van der Waals surface area contributed by atoms with Crippen molar-refractivity contribution in [1.29, 1.82) is 0 Å².